The first kappa shape index (κ1) is 23.6. The highest BCUT2D eigenvalue weighted by Crippen LogP contribution is 2.24. The maximum Gasteiger partial charge on any atom is 0.264 e. The van der Waals surface area contributed by atoms with Crippen LogP contribution in [0.4, 0.5) is 5.69 Å². The number of hydrogen-bond donors (Lipinski definition) is 1. The molecule has 0 spiro atoms. The Balaban J connectivity index is 1.68. The van der Waals surface area contributed by atoms with Crippen LogP contribution in [0.15, 0.2) is 77.7 Å². The molecule has 1 amide bonds. The number of carbonyl (C=O) groups excluding carboxylic acids is 1. The van der Waals surface area contributed by atoms with Crippen LogP contribution in [0.5, 0.6) is 5.75 Å². The van der Waals surface area contributed by atoms with Gasteiger partial charge in [-0.1, -0.05) is 41.9 Å². The molecule has 32 heavy (non-hydrogen) atoms. The van der Waals surface area contributed by atoms with Crippen LogP contribution in [0, 0.1) is 13.8 Å². The first-order valence-electron chi connectivity index (χ1n) is 10.1. The summed E-state index contributed by atoms with van der Waals surface area (Å²) in [5, 5.41) is 3.16. The largest absolute Gasteiger partial charge is 0.491 e. The molecule has 8 heteroatoms. The van der Waals surface area contributed by atoms with Gasteiger partial charge in [0.25, 0.3) is 10.0 Å². The van der Waals surface area contributed by atoms with Gasteiger partial charge in [-0.05, 0) is 67.4 Å². The summed E-state index contributed by atoms with van der Waals surface area (Å²) < 4.78 is 33.3. The van der Waals surface area contributed by atoms with E-state index >= 15 is 0 Å². The monoisotopic (exact) mass is 472 g/mol. The number of para-hydroxylation sites is 1. The molecule has 0 saturated heterocycles. The Bertz CT molecular complexity index is 1170. The zero-order valence-corrected chi connectivity index (χ0v) is 19.5. The number of aryl methyl sites for hydroxylation is 2. The van der Waals surface area contributed by atoms with E-state index < -0.39 is 15.9 Å². The van der Waals surface area contributed by atoms with Gasteiger partial charge in [0.05, 0.1) is 17.1 Å². The molecule has 0 heterocycles. The van der Waals surface area contributed by atoms with Crippen molar-refractivity contribution in [2.24, 2.45) is 0 Å². The zero-order valence-electron chi connectivity index (χ0n) is 17.9. The molecule has 0 aliphatic heterocycles. The number of anilines is 1. The molecule has 0 fully saturated rings. The van der Waals surface area contributed by atoms with Gasteiger partial charge in [0, 0.05) is 5.02 Å². The average Bonchev–Trinajstić information content (AvgIpc) is 2.78. The van der Waals surface area contributed by atoms with Crippen molar-refractivity contribution in [1.82, 2.24) is 5.32 Å². The predicted molar refractivity (Wildman–Crippen MR) is 127 cm³/mol. The third-order valence-corrected chi connectivity index (χ3v) is 6.80. The number of ether oxygens (including phenoxy) is 1. The molecule has 0 unspecified atom stereocenters. The van der Waals surface area contributed by atoms with Crippen molar-refractivity contribution < 1.29 is 17.9 Å². The highest BCUT2D eigenvalue weighted by Gasteiger charge is 2.27. The van der Waals surface area contributed by atoms with Crippen LogP contribution in [0.25, 0.3) is 0 Å². The van der Waals surface area contributed by atoms with Crippen LogP contribution in [-0.2, 0) is 14.8 Å². The second-order valence-corrected chi connectivity index (χ2v) is 9.57. The Hall–Kier alpha value is -3.03. The Labute approximate surface area is 193 Å². The minimum absolute atomic E-state index is 0.0526. The van der Waals surface area contributed by atoms with Gasteiger partial charge in [0.2, 0.25) is 5.91 Å². The summed E-state index contributed by atoms with van der Waals surface area (Å²) in [6.07, 6.45) is 0. The van der Waals surface area contributed by atoms with E-state index in [1.807, 2.05) is 32.0 Å². The lowest BCUT2D eigenvalue weighted by molar-refractivity contribution is -0.119. The molecule has 6 nitrogen and oxygen atoms in total. The summed E-state index contributed by atoms with van der Waals surface area (Å²) in [6.45, 7) is 4.08. The van der Waals surface area contributed by atoms with Gasteiger partial charge in [0.15, 0.2) is 0 Å². The van der Waals surface area contributed by atoms with Crippen molar-refractivity contribution >= 4 is 33.2 Å². The Morgan fingerprint density at radius 2 is 1.69 bits per heavy atom. The quantitative estimate of drug-likeness (QED) is 0.470. The lowest BCUT2D eigenvalue weighted by Gasteiger charge is -2.24. The SMILES string of the molecule is Cc1ccc(C)c(OCCNC(=O)CN(c2ccccc2)S(=O)(=O)c2ccc(Cl)cc2)c1. The van der Waals surface area contributed by atoms with Gasteiger partial charge < -0.3 is 10.1 Å². The molecular formula is C24H25ClN2O4S. The number of rotatable bonds is 9. The number of benzene rings is 3. The van der Waals surface area contributed by atoms with Crippen molar-refractivity contribution in [3.63, 3.8) is 0 Å². The summed E-state index contributed by atoms with van der Waals surface area (Å²) in [5.74, 6) is 0.325. The van der Waals surface area contributed by atoms with E-state index in [2.05, 4.69) is 5.32 Å². The smallest absolute Gasteiger partial charge is 0.264 e. The van der Waals surface area contributed by atoms with E-state index in [9.17, 15) is 13.2 Å². The summed E-state index contributed by atoms with van der Waals surface area (Å²) >= 11 is 5.89. The highest BCUT2D eigenvalue weighted by atomic mass is 35.5. The number of halogens is 1. The molecular weight excluding hydrogens is 448 g/mol. The fourth-order valence-electron chi connectivity index (χ4n) is 3.04. The fraction of sp³-hybridized carbons (Fsp3) is 0.208. The molecule has 0 aromatic heterocycles. The van der Waals surface area contributed by atoms with Gasteiger partial charge >= 0.3 is 0 Å². The fourth-order valence-corrected chi connectivity index (χ4v) is 4.59. The topological polar surface area (TPSA) is 75.7 Å². The number of hydrogen-bond acceptors (Lipinski definition) is 4. The van der Waals surface area contributed by atoms with Gasteiger partial charge in [-0.15, -0.1) is 0 Å². The molecule has 0 atom stereocenters. The predicted octanol–water partition coefficient (Wildman–Crippen LogP) is 4.35. The van der Waals surface area contributed by atoms with Crippen LogP contribution in [-0.4, -0.2) is 34.0 Å². The van der Waals surface area contributed by atoms with Crippen molar-refractivity contribution in [2.45, 2.75) is 18.7 Å². The number of nitrogens with one attached hydrogen (secondary N) is 1. The van der Waals surface area contributed by atoms with Crippen molar-refractivity contribution in [3.8, 4) is 5.75 Å². The highest BCUT2D eigenvalue weighted by molar-refractivity contribution is 7.92. The number of carbonyl (C=O) groups is 1. The molecule has 0 aliphatic rings. The minimum atomic E-state index is -3.97. The lowest BCUT2D eigenvalue weighted by Crippen LogP contribution is -2.41. The standard InChI is InChI=1S/C24H25ClN2O4S/c1-18-8-9-19(2)23(16-18)31-15-14-26-24(28)17-27(21-6-4-3-5-7-21)32(29,30)22-12-10-20(25)11-13-22/h3-13,16H,14-15,17H2,1-2H3,(H,26,28). The van der Waals surface area contributed by atoms with E-state index in [4.69, 9.17) is 16.3 Å². The molecule has 3 rings (SSSR count). The van der Waals surface area contributed by atoms with E-state index in [1.165, 1.54) is 24.3 Å². The average molecular weight is 473 g/mol. The number of sulfonamides is 1. The Morgan fingerprint density at radius 3 is 2.38 bits per heavy atom. The second kappa shape index (κ2) is 10.5. The third-order valence-electron chi connectivity index (χ3n) is 4.76. The zero-order chi connectivity index (χ0) is 23.1. The maximum atomic E-state index is 13.2. The molecule has 1 N–H and O–H groups in total. The number of amides is 1. The van der Waals surface area contributed by atoms with Crippen LogP contribution in [0.3, 0.4) is 0 Å². The van der Waals surface area contributed by atoms with Crippen LogP contribution < -0.4 is 14.4 Å². The summed E-state index contributed by atoms with van der Waals surface area (Å²) in [4.78, 5) is 12.6. The van der Waals surface area contributed by atoms with Gasteiger partial charge in [-0.25, -0.2) is 8.42 Å². The van der Waals surface area contributed by atoms with Crippen LogP contribution in [0.2, 0.25) is 5.02 Å². The van der Waals surface area contributed by atoms with Gasteiger partial charge in [-0.2, -0.15) is 0 Å². The molecule has 168 valence electrons. The molecule has 0 bridgehead atoms. The van der Waals surface area contributed by atoms with Crippen molar-refractivity contribution in [1.29, 1.82) is 0 Å². The molecule has 3 aromatic rings. The van der Waals surface area contributed by atoms with E-state index in [-0.39, 0.29) is 24.6 Å². The van der Waals surface area contributed by atoms with Crippen LogP contribution >= 0.6 is 11.6 Å². The minimum Gasteiger partial charge on any atom is -0.491 e. The lowest BCUT2D eigenvalue weighted by atomic mass is 10.1. The number of nitrogens with zero attached hydrogens (tertiary/aromatic N) is 1. The van der Waals surface area contributed by atoms with Gasteiger partial charge in [-0.3, -0.25) is 9.10 Å². The van der Waals surface area contributed by atoms with E-state index in [0.29, 0.717) is 10.7 Å². The second-order valence-electron chi connectivity index (χ2n) is 7.27. The van der Waals surface area contributed by atoms with E-state index in [1.54, 1.807) is 30.3 Å². The van der Waals surface area contributed by atoms with Crippen molar-refractivity contribution in [3.05, 3.63) is 88.9 Å². The molecule has 3 aromatic carbocycles. The van der Waals surface area contributed by atoms with Crippen molar-refractivity contribution in [2.75, 3.05) is 24.0 Å². The summed E-state index contributed by atoms with van der Waals surface area (Å²) in [6, 6.07) is 20.3. The third kappa shape index (κ3) is 6.02. The van der Waals surface area contributed by atoms with Gasteiger partial charge in [0.1, 0.15) is 18.9 Å². The first-order chi connectivity index (χ1) is 15.3. The first-order valence-corrected chi connectivity index (χ1v) is 11.9. The maximum absolute atomic E-state index is 13.2. The summed E-state index contributed by atoms with van der Waals surface area (Å²) in [7, 11) is -3.97. The summed E-state index contributed by atoms with van der Waals surface area (Å²) in [5.41, 5.74) is 2.48. The molecule has 0 saturated carbocycles. The molecule has 0 radical (unpaired) electrons. The Morgan fingerprint density at radius 1 is 1.00 bits per heavy atom. The van der Waals surface area contributed by atoms with E-state index in [0.717, 1.165) is 21.2 Å². The normalized spacial score (nSPS) is 11.1. The Kier molecular flexibility index (Phi) is 7.77. The molecule has 0 aliphatic carbocycles. The van der Waals surface area contributed by atoms with Crippen LogP contribution in [0.1, 0.15) is 11.1 Å².